The summed E-state index contributed by atoms with van der Waals surface area (Å²) in [6.07, 6.45) is 1.82. The van der Waals surface area contributed by atoms with Gasteiger partial charge >= 0.3 is 5.97 Å². The molecule has 3 aromatic carbocycles. The van der Waals surface area contributed by atoms with Crippen LogP contribution in [0.2, 0.25) is 5.02 Å². The topological polar surface area (TPSA) is 69.9 Å². The standard InChI is InChI=1S/C31H25Br2ClN2O4S/c1-4-39-30(38)26-18(3)35-31-36(27(26)21-10-8-17(2)9-11-21)29(37)25(41-31)15-20-13-23(32)28(24(33)14-20)40-16-19-6-5-7-22(34)12-19/h5-15,27H,4,16H2,1-3H3/b25-15-/t27-/m0/s1. The van der Waals surface area contributed by atoms with Gasteiger partial charge in [-0.3, -0.25) is 9.36 Å². The van der Waals surface area contributed by atoms with Crippen LogP contribution in [0.25, 0.3) is 6.08 Å². The third-order valence-electron chi connectivity index (χ3n) is 6.50. The number of carbonyl (C=O) groups is 1. The molecule has 0 radical (unpaired) electrons. The van der Waals surface area contributed by atoms with Crippen molar-refractivity contribution < 1.29 is 14.3 Å². The molecule has 0 N–H and O–H groups in total. The minimum absolute atomic E-state index is 0.225. The number of aryl methyl sites for hydroxylation is 1. The largest absolute Gasteiger partial charge is 0.487 e. The van der Waals surface area contributed by atoms with Gasteiger partial charge in [-0.2, -0.15) is 0 Å². The van der Waals surface area contributed by atoms with E-state index < -0.39 is 12.0 Å². The van der Waals surface area contributed by atoms with Gasteiger partial charge in [-0.1, -0.05) is 64.9 Å². The lowest BCUT2D eigenvalue weighted by Gasteiger charge is -2.24. The molecule has 4 aromatic rings. The lowest BCUT2D eigenvalue weighted by atomic mass is 9.95. The normalized spacial score (nSPS) is 15.0. The van der Waals surface area contributed by atoms with Crippen LogP contribution in [0.5, 0.6) is 5.75 Å². The van der Waals surface area contributed by atoms with Crippen LogP contribution in [0.3, 0.4) is 0 Å². The van der Waals surface area contributed by atoms with Crippen molar-refractivity contribution in [3.05, 3.63) is 128 Å². The quantitative estimate of drug-likeness (QED) is 0.196. The lowest BCUT2D eigenvalue weighted by Crippen LogP contribution is -2.39. The molecule has 41 heavy (non-hydrogen) atoms. The molecule has 5 rings (SSSR count). The number of hydrogen-bond donors (Lipinski definition) is 0. The summed E-state index contributed by atoms with van der Waals surface area (Å²) in [5, 5.41) is 0.648. The zero-order chi connectivity index (χ0) is 29.3. The molecular weight excluding hydrogens is 692 g/mol. The van der Waals surface area contributed by atoms with E-state index in [-0.39, 0.29) is 12.2 Å². The molecule has 0 fully saturated rings. The van der Waals surface area contributed by atoms with Crippen LogP contribution < -0.4 is 19.6 Å². The molecular formula is C31H25Br2ClN2O4S. The van der Waals surface area contributed by atoms with Crippen molar-refractivity contribution in [3.63, 3.8) is 0 Å². The number of rotatable bonds is 7. The van der Waals surface area contributed by atoms with Crippen molar-refractivity contribution >= 4 is 66.8 Å². The Morgan fingerprint density at radius 3 is 2.46 bits per heavy atom. The Morgan fingerprint density at radius 2 is 1.80 bits per heavy atom. The van der Waals surface area contributed by atoms with E-state index in [0.717, 1.165) is 31.2 Å². The highest BCUT2D eigenvalue weighted by molar-refractivity contribution is 9.11. The minimum atomic E-state index is -0.645. The molecule has 1 aromatic heterocycles. The smallest absolute Gasteiger partial charge is 0.338 e. The fraction of sp³-hybridized carbons (Fsp3) is 0.194. The van der Waals surface area contributed by atoms with Crippen molar-refractivity contribution in [2.24, 2.45) is 4.99 Å². The first-order valence-electron chi connectivity index (χ1n) is 12.8. The number of esters is 1. The van der Waals surface area contributed by atoms with Gasteiger partial charge in [0.25, 0.3) is 5.56 Å². The molecule has 6 nitrogen and oxygen atoms in total. The summed E-state index contributed by atoms with van der Waals surface area (Å²) in [6, 6.07) is 18.4. The van der Waals surface area contributed by atoms with E-state index in [2.05, 4.69) is 36.9 Å². The van der Waals surface area contributed by atoms with Crippen molar-refractivity contribution in [3.8, 4) is 5.75 Å². The van der Waals surface area contributed by atoms with E-state index in [9.17, 15) is 9.59 Å². The highest BCUT2D eigenvalue weighted by atomic mass is 79.9. The van der Waals surface area contributed by atoms with Crippen molar-refractivity contribution in [2.45, 2.75) is 33.4 Å². The number of carbonyl (C=O) groups excluding carboxylic acids is 1. The molecule has 210 valence electrons. The third kappa shape index (κ3) is 6.28. The Labute approximate surface area is 262 Å². The third-order valence-corrected chi connectivity index (χ3v) is 8.90. The van der Waals surface area contributed by atoms with Crippen LogP contribution in [0.15, 0.2) is 90.7 Å². The predicted octanol–water partition coefficient (Wildman–Crippen LogP) is 6.86. The summed E-state index contributed by atoms with van der Waals surface area (Å²) in [5.41, 5.74) is 4.29. The number of halogens is 3. The molecule has 0 amide bonds. The van der Waals surface area contributed by atoms with Crippen LogP contribution in [0, 0.1) is 6.92 Å². The van der Waals surface area contributed by atoms with Crippen molar-refractivity contribution in [1.29, 1.82) is 0 Å². The Balaban J connectivity index is 1.55. The molecule has 0 saturated heterocycles. The zero-order valence-electron chi connectivity index (χ0n) is 22.4. The minimum Gasteiger partial charge on any atom is -0.487 e. The van der Waals surface area contributed by atoms with Gasteiger partial charge in [-0.15, -0.1) is 0 Å². The van der Waals surface area contributed by atoms with Gasteiger partial charge in [0, 0.05) is 5.02 Å². The van der Waals surface area contributed by atoms with Gasteiger partial charge in [0.15, 0.2) is 4.80 Å². The summed E-state index contributed by atoms with van der Waals surface area (Å²) in [6.45, 7) is 6.10. The molecule has 1 aliphatic heterocycles. The van der Waals surface area contributed by atoms with Crippen LogP contribution in [-0.2, 0) is 16.1 Å². The number of fused-ring (bicyclic) bond motifs is 1. The molecule has 0 spiro atoms. The molecule has 10 heteroatoms. The van der Waals surface area contributed by atoms with E-state index in [1.807, 2.05) is 73.7 Å². The van der Waals surface area contributed by atoms with Gasteiger partial charge < -0.3 is 9.47 Å². The van der Waals surface area contributed by atoms with Gasteiger partial charge in [0.05, 0.1) is 37.4 Å². The fourth-order valence-electron chi connectivity index (χ4n) is 4.59. The second-order valence-electron chi connectivity index (χ2n) is 9.45. The SMILES string of the molecule is CCOC(=O)C1=C(C)N=c2s/c(=C\c3cc(Br)c(OCc4cccc(Cl)c4)c(Br)c3)c(=O)n2[C@H]1c1ccc(C)cc1. The molecule has 2 heterocycles. The molecule has 1 aliphatic rings. The number of hydrogen-bond acceptors (Lipinski definition) is 6. The van der Waals surface area contributed by atoms with Gasteiger partial charge in [-0.05, 0) is 99.7 Å². The number of thiazole rings is 1. The molecule has 0 unspecified atom stereocenters. The van der Waals surface area contributed by atoms with Crippen LogP contribution in [0.1, 0.15) is 42.1 Å². The summed E-state index contributed by atoms with van der Waals surface area (Å²) in [4.78, 5) is 32.1. The fourth-order valence-corrected chi connectivity index (χ4v) is 7.30. The van der Waals surface area contributed by atoms with Crippen LogP contribution in [0.4, 0.5) is 0 Å². The number of nitrogens with zero attached hydrogens (tertiary/aromatic N) is 2. The van der Waals surface area contributed by atoms with Crippen LogP contribution in [-0.4, -0.2) is 17.1 Å². The number of aromatic nitrogens is 1. The van der Waals surface area contributed by atoms with Crippen LogP contribution >= 0.6 is 54.8 Å². The van der Waals surface area contributed by atoms with E-state index in [0.29, 0.717) is 38.0 Å². The Kier molecular flexibility index (Phi) is 8.99. The highest BCUT2D eigenvalue weighted by Gasteiger charge is 2.33. The number of allylic oxidation sites excluding steroid dienone is 1. The number of benzene rings is 3. The average molecular weight is 717 g/mol. The Hall–Kier alpha value is -2.98. The average Bonchev–Trinajstić information content (AvgIpc) is 3.22. The maximum Gasteiger partial charge on any atom is 0.338 e. The molecule has 0 saturated carbocycles. The van der Waals surface area contributed by atoms with E-state index >= 15 is 0 Å². The van der Waals surface area contributed by atoms with Gasteiger partial charge in [0.1, 0.15) is 12.4 Å². The predicted molar refractivity (Wildman–Crippen MR) is 169 cm³/mol. The summed E-state index contributed by atoms with van der Waals surface area (Å²) in [7, 11) is 0. The summed E-state index contributed by atoms with van der Waals surface area (Å²) >= 11 is 14.6. The first-order valence-corrected chi connectivity index (χ1v) is 15.6. The highest BCUT2D eigenvalue weighted by Crippen LogP contribution is 2.36. The summed E-state index contributed by atoms with van der Waals surface area (Å²) in [5.74, 6) is 0.160. The molecule has 0 aliphatic carbocycles. The van der Waals surface area contributed by atoms with E-state index in [4.69, 9.17) is 21.1 Å². The first kappa shape index (κ1) is 29.5. The lowest BCUT2D eigenvalue weighted by molar-refractivity contribution is -0.139. The van der Waals surface area contributed by atoms with E-state index in [1.165, 1.54) is 11.3 Å². The van der Waals surface area contributed by atoms with Gasteiger partial charge in [-0.25, -0.2) is 9.79 Å². The second kappa shape index (κ2) is 12.5. The summed E-state index contributed by atoms with van der Waals surface area (Å²) < 4.78 is 15.0. The van der Waals surface area contributed by atoms with Gasteiger partial charge in [0.2, 0.25) is 0 Å². The number of ether oxygens (including phenoxy) is 2. The Bertz CT molecular complexity index is 1840. The maximum absolute atomic E-state index is 13.9. The van der Waals surface area contributed by atoms with E-state index in [1.54, 1.807) is 18.4 Å². The first-order chi connectivity index (χ1) is 19.7. The second-order valence-corrected chi connectivity index (χ2v) is 12.6. The van der Waals surface area contributed by atoms with Crippen molar-refractivity contribution in [1.82, 2.24) is 4.57 Å². The van der Waals surface area contributed by atoms with Crippen molar-refractivity contribution in [2.75, 3.05) is 6.61 Å². The molecule has 1 atom stereocenters. The monoisotopic (exact) mass is 714 g/mol. The maximum atomic E-state index is 13.9. The zero-order valence-corrected chi connectivity index (χ0v) is 27.2. The Morgan fingerprint density at radius 1 is 1.10 bits per heavy atom. The molecule has 0 bridgehead atoms.